The summed E-state index contributed by atoms with van der Waals surface area (Å²) < 4.78 is 0. The van der Waals surface area contributed by atoms with E-state index < -0.39 is 0 Å². The standard InChI is InChI=1S/C14H21Cl2N5O/c1-2-20-5-7-21(8-6-20)14(22)18-4-3-17-13-12(16)9-11(15)10-19-13/h9-10H,2-8H2,1H3,(H,17,19)(H,18,22). The van der Waals surface area contributed by atoms with Crippen LogP contribution in [0, 0.1) is 0 Å². The van der Waals surface area contributed by atoms with Crippen molar-refractivity contribution in [3.8, 4) is 0 Å². The zero-order valence-corrected chi connectivity index (χ0v) is 14.1. The molecule has 2 rings (SSSR count). The number of aromatic nitrogens is 1. The molecule has 1 aliphatic heterocycles. The number of carbonyl (C=O) groups is 1. The van der Waals surface area contributed by atoms with Crippen molar-refractivity contribution in [2.24, 2.45) is 0 Å². The average molecular weight is 346 g/mol. The van der Waals surface area contributed by atoms with Crippen LogP contribution in [0.5, 0.6) is 0 Å². The van der Waals surface area contributed by atoms with Gasteiger partial charge in [0.15, 0.2) is 0 Å². The van der Waals surface area contributed by atoms with E-state index in [9.17, 15) is 4.79 Å². The third-order valence-electron chi connectivity index (χ3n) is 3.61. The van der Waals surface area contributed by atoms with E-state index in [0.717, 1.165) is 32.7 Å². The molecular weight excluding hydrogens is 325 g/mol. The molecule has 0 aliphatic carbocycles. The molecule has 2 heterocycles. The van der Waals surface area contributed by atoms with Gasteiger partial charge < -0.3 is 20.4 Å². The number of amides is 2. The Balaban J connectivity index is 1.67. The molecule has 1 aromatic rings. The van der Waals surface area contributed by atoms with Crippen LogP contribution < -0.4 is 10.6 Å². The Bertz CT molecular complexity index is 506. The number of hydrogen-bond acceptors (Lipinski definition) is 4. The first-order valence-corrected chi connectivity index (χ1v) is 8.15. The second-order valence-electron chi connectivity index (χ2n) is 5.06. The third-order valence-corrected chi connectivity index (χ3v) is 4.10. The Morgan fingerprint density at radius 1 is 1.27 bits per heavy atom. The summed E-state index contributed by atoms with van der Waals surface area (Å²) in [7, 11) is 0. The number of carbonyl (C=O) groups excluding carboxylic acids is 1. The van der Waals surface area contributed by atoms with Gasteiger partial charge in [-0.3, -0.25) is 0 Å². The van der Waals surface area contributed by atoms with Crippen molar-refractivity contribution in [2.45, 2.75) is 6.92 Å². The summed E-state index contributed by atoms with van der Waals surface area (Å²) in [4.78, 5) is 20.3. The molecule has 1 aliphatic rings. The topological polar surface area (TPSA) is 60.5 Å². The van der Waals surface area contributed by atoms with Crippen LogP contribution in [0.15, 0.2) is 12.3 Å². The van der Waals surface area contributed by atoms with E-state index in [1.54, 1.807) is 6.07 Å². The van der Waals surface area contributed by atoms with Crippen molar-refractivity contribution in [1.82, 2.24) is 20.1 Å². The van der Waals surface area contributed by atoms with E-state index in [1.807, 2.05) is 4.90 Å². The van der Waals surface area contributed by atoms with Crippen LogP contribution in [-0.2, 0) is 0 Å². The molecule has 1 fully saturated rings. The second-order valence-corrected chi connectivity index (χ2v) is 5.91. The van der Waals surface area contributed by atoms with Gasteiger partial charge in [-0.15, -0.1) is 0 Å². The molecule has 0 spiro atoms. The Labute approximate surface area is 140 Å². The first-order valence-electron chi connectivity index (χ1n) is 7.40. The normalized spacial score (nSPS) is 15.7. The summed E-state index contributed by atoms with van der Waals surface area (Å²) in [5.41, 5.74) is 0. The minimum atomic E-state index is -0.0206. The number of hydrogen-bond donors (Lipinski definition) is 2. The summed E-state index contributed by atoms with van der Waals surface area (Å²) in [5.74, 6) is 0.567. The number of halogens is 2. The van der Waals surface area contributed by atoms with E-state index >= 15 is 0 Å². The van der Waals surface area contributed by atoms with Gasteiger partial charge in [0.2, 0.25) is 0 Å². The highest BCUT2D eigenvalue weighted by atomic mass is 35.5. The Kier molecular flexibility index (Phi) is 6.54. The molecule has 122 valence electrons. The van der Waals surface area contributed by atoms with Crippen LogP contribution in [-0.4, -0.2) is 66.6 Å². The van der Waals surface area contributed by atoms with Crippen molar-refractivity contribution in [3.05, 3.63) is 22.3 Å². The SMILES string of the molecule is CCN1CCN(C(=O)NCCNc2ncc(Cl)cc2Cl)CC1. The number of anilines is 1. The fourth-order valence-corrected chi connectivity index (χ4v) is 2.72. The van der Waals surface area contributed by atoms with Crippen LogP contribution >= 0.6 is 23.2 Å². The van der Waals surface area contributed by atoms with Crippen LogP contribution in [0.25, 0.3) is 0 Å². The smallest absolute Gasteiger partial charge is 0.317 e. The lowest BCUT2D eigenvalue weighted by Crippen LogP contribution is -2.52. The van der Waals surface area contributed by atoms with Crippen LogP contribution in [0.4, 0.5) is 10.6 Å². The van der Waals surface area contributed by atoms with Gasteiger partial charge >= 0.3 is 6.03 Å². The van der Waals surface area contributed by atoms with Gasteiger partial charge in [0.05, 0.1) is 10.0 Å². The van der Waals surface area contributed by atoms with Crippen LogP contribution in [0.3, 0.4) is 0 Å². The molecule has 22 heavy (non-hydrogen) atoms. The number of rotatable bonds is 5. The Morgan fingerprint density at radius 3 is 2.64 bits per heavy atom. The third kappa shape index (κ3) is 4.90. The summed E-state index contributed by atoms with van der Waals surface area (Å²) in [5, 5.41) is 6.93. The Morgan fingerprint density at radius 2 is 2.00 bits per heavy atom. The fourth-order valence-electron chi connectivity index (χ4n) is 2.27. The van der Waals surface area contributed by atoms with Gasteiger partial charge in [-0.25, -0.2) is 9.78 Å². The number of nitrogens with one attached hydrogen (secondary N) is 2. The summed E-state index contributed by atoms with van der Waals surface area (Å²) in [6, 6.07) is 1.61. The van der Waals surface area contributed by atoms with Crippen molar-refractivity contribution in [2.75, 3.05) is 51.1 Å². The Hall–Kier alpha value is -1.24. The molecule has 0 aromatic carbocycles. The fraction of sp³-hybridized carbons (Fsp3) is 0.571. The van der Waals surface area contributed by atoms with Gasteiger partial charge in [0, 0.05) is 45.5 Å². The molecule has 2 amide bonds. The van der Waals surface area contributed by atoms with Crippen molar-refractivity contribution < 1.29 is 4.79 Å². The number of likely N-dealkylation sites (N-methyl/N-ethyl adjacent to an activating group) is 1. The van der Waals surface area contributed by atoms with E-state index in [-0.39, 0.29) is 6.03 Å². The maximum absolute atomic E-state index is 12.0. The minimum Gasteiger partial charge on any atom is -0.367 e. The number of urea groups is 1. The first-order chi connectivity index (χ1) is 10.6. The monoisotopic (exact) mass is 345 g/mol. The molecule has 1 saturated heterocycles. The van der Waals surface area contributed by atoms with Gasteiger partial charge in [-0.2, -0.15) is 0 Å². The molecule has 0 atom stereocenters. The van der Waals surface area contributed by atoms with Gasteiger partial charge in [-0.05, 0) is 12.6 Å². The van der Waals surface area contributed by atoms with Gasteiger partial charge in [-0.1, -0.05) is 30.1 Å². The molecule has 1 aromatic heterocycles. The summed E-state index contributed by atoms with van der Waals surface area (Å²) >= 11 is 11.8. The van der Waals surface area contributed by atoms with E-state index in [2.05, 4.69) is 27.4 Å². The van der Waals surface area contributed by atoms with Crippen molar-refractivity contribution in [3.63, 3.8) is 0 Å². The molecule has 8 heteroatoms. The lowest BCUT2D eigenvalue weighted by atomic mass is 10.3. The van der Waals surface area contributed by atoms with E-state index in [1.165, 1.54) is 6.20 Å². The largest absolute Gasteiger partial charge is 0.367 e. The zero-order chi connectivity index (χ0) is 15.9. The average Bonchev–Trinajstić information content (AvgIpc) is 2.53. The lowest BCUT2D eigenvalue weighted by molar-refractivity contribution is 0.143. The first kappa shape index (κ1) is 17.1. The van der Waals surface area contributed by atoms with Crippen molar-refractivity contribution in [1.29, 1.82) is 0 Å². The molecule has 2 N–H and O–H groups in total. The minimum absolute atomic E-state index is 0.0206. The zero-order valence-electron chi connectivity index (χ0n) is 12.6. The maximum Gasteiger partial charge on any atom is 0.317 e. The lowest BCUT2D eigenvalue weighted by Gasteiger charge is -2.34. The highest BCUT2D eigenvalue weighted by molar-refractivity contribution is 6.35. The van der Waals surface area contributed by atoms with Crippen molar-refractivity contribution >= 4 is 35.1 Å². The molecule has 0 unspecified atom stereocenters. The number of piperazine rings is 1. The summed E-state index contributed by atoms with van der Waals surface area (Å²) in [6.07, 6.45) is 1.53. The molecule has 0 saturated carbocycles. The predicted octanol–water partition coefficient (Wildman–Crippen LogP) is 2.15. The summed E-state index contributed by atoms with van der Waals surface area (Å²) in [6.45, 7) is 7.66. The number of pyridine rings is 1. The maximum atomic E-state index is 12.0. The van der Waals surface area contributed by atoms with E-state index in [4.69, 9.17) is 23.2 Å². The molecular formula is C14H21Cl2N5O. The highest BCUT2D eigenvalue weighted by Gasteiger charge is 2.19. The molecule has 0 bridgehead atoms. The van der Waals surface area contributed by atoms with Gasteiger partial charge in [0.1, 0.15) is 5.82 Å². The predicted molar refractivity (Wildman–Crippen MR) is 89.8 cm³/mol. The second kappa shape index (κ2) is 8.41. The quantitative estimate of drug-likeness (QED) is 0.802. The van der Waals surface area contributed by atoms with Gasteiger partial charge in [0.25, 0.3) is 0 Å². The highest BCUT2D eigenvalue weighted by Crippen LogP contribution is 2.21. The van der Waals surface area contributed by atoms with Crippen LogP contribution in [0.1, 0.15) is 6.92 Å². The molecule has 6 nitrogen and oxygen atoms in total. The molecule has 0 radical (unpaired) electrons. The number of nitrogens with zero attached hydrogens (tertiary/aromatic N) is 3. The van der Waals surface area contributed by atoms with Crippen LogP contribution in [0.2, 0.25) is 10.0 Å². The van der Waals surface area contributed by atoms with E-state index in [0.29, 0.717) is 29.0 Å².